The lowest BCUT2D eigenvalue weighted by molar-refractivity contribution is -0.113. The monoisotopic (exact) mass is 645 g/mol. The number of carbonyl (C=O) groups is 1. The van der Waals surface area contributed by atoms with Crippen molar-refractivity contribution in [2.24, 2.45) is 0 Å². The lowest BCUT2D eigenvalue weighted by Gasteiger charge is -2.15. The first-order chi connectivity index (χ1) is 16.4. The molecular weight excluding hydrogens is 629 g/mol. The van der Waals surface area contributed by atoms with E-state index in [1.165, 1.54) is 4.57 Å². The minimum Gasteiger partial charge on any atom is -0.308 e. The molecular formula is C26H18BrClIN3O2. The van der Waals surface area contributed by atoms with Crippen LogP contribution in [0.2, 0.25) is 5.02 Å². The summed E-state index contributed by atoms with van der Waals surface area (Å²) >= 11 is 11.8. The maximum absolute atomic E-state index is 13.7. The molecule has 0 bridgehead atoms. The standard InChI is InChI=1S/C26H18BrClIN3O2/c1-2-11-31-23-10-3-15(27)12-19(23)20(25(31)33)14-24-30-22-9-6-17(29)13-21(22)26(34)32(24)18-7-4-16(28)5-8-18/h3-10,12-14H,2,11H2,1H3. The molecule has 0 saturated heterocycles. The van der Waals surface area contributed by atoms with E-state index >= 15 is 0 Å². The number of fused-ring (bicyclic) bond motifs is 2. The van der Waals surface area contributed by atoms with Crippen LogP contribution in [0.3, 0.4) is 0 Å². The summed E-state index contributed by atoms with van der Waals surface area (Å²) in [7, 11) is 0. The van der Waals surface area contributed by atoms with E-state index < -0.39 is 0 Å². The maximum Gasteiger partial charge on any atom is 0.266 e. The first kappa shape index (κ1) is 23.3. The van der Waals surface area contributed by atoms with Gasteiger partial charge in [-0.2, -0.15) is 0 Å². The van der Waals surface area contributed by atoms with Crippen LogP contribution in [0.25, 0.3) is 28.2 Å². The largest absolute Gasteiger partial charge is 0.308 e. The Labute approximate surface area is 223 Å². The van der Waals surface area contributed by atoms with Crippen LogP contribution in [0.15, 0.2) is 69.9 Å². The molecule has 0 spiro atoms. The van der Waals surface area contributed by atoms with Crippen molar-refractivity contribution in [2.45, 2.75) is 13.3 Å². The van der Waals surface area contributed by atoms with Crippen LogP contribution in [-0.4, -0.2) is 22.0 Å². The quantitative estimate of drug-likeness (QED) is 0.183. The average Bonchev–Trinajstić information content (AvgIpc) is 3.06. The van der Waals surface area contributed by atoms with Crippen molar-refractivity contribution in [2.75, 3.05) is 11.4 Å². The molecule has 0 N–H and O–H groups in total. The summed E-state index contributed by atoms with van der Waals surface area (Å²) in [4.78, 5) is 33.7. The molecule has 2 heterocycles. The maximum atomic E-state index is 13.7. The normalized spacial score (nSPS) is 14.3. The van der Waals surface area contributed by atoms with Gasteiger partial charge < -0.3 is 4.90 Å². The van der Waals surface area contributed by atoms with Crippen molar-refractivity contribution < 1.29 is 4.79 Å². The van der Waals surface area contributed by atoms with Crippen molar-refractivity contribution in [1.82, 2.24) is 9.55 Å². The fourth-order valence-electron chi connectivity index (χ4n) is 4.16. The van der Waals surface area contributed by atoms with Crippen LogP contribution in [0, 0.1) is 3.57 Å². The van der Waals surface area contributed by atoms with Crippen LogP contribution in [0.4, 0.5) is 5.69 Å². The second kappa shape index (κ2) is 9.28. The Kier molecular flexibility index (Phi) is 6.35. The lowest BCUT2D eigenvalue weighted by Crippen LogP contribution is -2.27. The third-order valence-corrected chi connectivity index (χ3v) is 7.09. The second-order valence-corrected chi connectivity index (χ2v) is 10.5. The molecule has 1 amide bonds. The Morgan fingerprint density at radius 3 is 2.56 bits per heavy atom. The van der Waals surface area contributed by atoms with Crippen LogP contribution < -0.4 is 10.5 Å². The number of hydrogen-bond donors (Lipinski definition) is 0. The van der Waals surface area contributed by atoms with Gasteiger partial charge in [-0.25, -0.2) is 4.98 Å². The number of hydrogen-bond acceptors (Lipinski definition) is 3. The van der Waals surface area contributed by atoms with Crippen LogP contribution in [0.1, 0.15) is 24.7 Å². The molecule has 170 valence electrons. The SMILES string of the molecule is CCCN1C(=O)C(=Cc2nc3ccc(I)cc3c(=O)n2-c2ccc(Cl)cc2)c2cc(Br)ccc21. The number of aromatic nitrogens is 2. The molecule has 0 fully saturated rings. The van der Waals surface area contributed by atoms with Gasteiger partial charge in [-0.05, 0) is 95.8 Å². The highest BCUT2D eigenvalue weighted by molar-refractivity contribution is 14.1. The molecule has 3 aromatic carbocycles. The van der Waals surface area contributed by atoms with Crippen molar-refractivity contribution >= 4 is 84.3 Å². The fraction of sp³-hybridized carbons (Fsp3) is 0.115. The Bertz CT molecular complexity index is 1550. The predicted octanol–water partition coefficient (Wildman–Crippen LogP) is 6.70. The number of carbonyl (C=O) groups excluding carboxylic acids is 1. The summed E-state index contributed by atoms with van der Waals surface area (Å²) in [5.41, 5.74) is 3.17. The molecule has 0 saturated carbocycles. The Morgan fingerprint density at radius 1 is 1.06 bits per heavy atom. The van der Waals surface area contributed by atoms with Gasteiger partial charge in [0.25, 0.3) is 11.5 Å². The zero-order chi connectivity index (χ0) is 24.0. The first-order valence-corrected chi connectivity index (χ1v) is 12.9. The topological polar surface area (TPSA) is 55.2 Å². The van der Waals surface area contributed by atoms with Gasteiger partial charge in [0, 0.05) is 25.2 Å². The van der Waals surface area contributed by atoms with Crippen LogP contribution >= 0.6 is 50.1 Å². The highest BCUT2D eigenvalue weighted by Crippen LogP contribution is 2.39. The van der Waals surface area contributed by atoms with E-state index in [2.05, 4.69) is 38.5 Å². The van der Waals surface area contributed by atoms with E-state index in [0.29, 0.717) is 39.6 Å². The third-order valence-electron chi connectivity index (χ3n) is 5.68. The molecule has 5 rings (SSSR count). The zero-order valence-corrected chi connectivity index (χ0v) is 22.6. The van der Waals surface area contributed by atoms with Crippen LogP contribution in [0.5, 0.6) is 0 Å². The van der Waals surface area contributed by atoms with E-state index in [1.807, 2.05) is 43.3 Å². The van der Waals surface area contributed by atoms with E-state index in [1.54, 1.807) is 35.2 Å². The van der Waals surface area contributed by atoms with Gasteiger partial charge in [-0.15, -0.1) is 0 Å². The van der Waals surface area contributed by atoms with Gasteiger partial charge >= 0.3 is 0 Å². The first-order valence-electron chi connectivity index (χ1n) is 10.7. The molecule has 1 aliphatic rings. The highest BCUT2D eigenvalue weighted by Gasteiger charge is 2.32. The predicted molar refractivity (Wildman–Crippen MR) is 150 cm³/mol. The van der Waals surface area contributed by atoms with Gasteiger partial charge in [0.2, 0.25) is 0 Å². The number of benzene rings is 3. The summed E-state index contributed by atoms with van der Waals surface area (Å²) in [6, 6.07) is 18.4. The molecule has 34 heavy (non-hydrogen) atoms. The Morgan fingerprint density at radius 2 is 1.82 bits per heavy atom. The van der Waals surface area contributed by atoms with Gasteiger partial charge in [0.15, 0.2) is 0 Å². The molecule has 0 aliphatic carbocycles. The average molecular weight is 647 g/mol. The summed E-state index contributed by atoms with van der Waals surface area (Å²) < 4.78 is 3.35. The Hall–Kier alpha value is -2.49. The van der Waals surface area contributed by atoms with E-state index in [9.17, 15) is 9.59 Å². The fourth-order valence-corrected chi connectivity index (χ4v) is 5.13. The number of halogens is 3. The smallest absolute Gasteiger partial charge is 0.266 e. The summed E-state index contributed by atoms with van der Waals surface area (Å²) in [6.07, 6.45) is 2.55. The number of nitrogens with zero attached hydrogens (tertiary/aromatic N) is 3. The number of rotatable bonds is 4. The highest BCUT2D eigenvalue weighted by atomic mass is 127. The van der Waals surface area contributed by atoms with Crippen molar-refractivity contribution in [3.8, 4) is 5.69 Å². The van der Waals surface area contributed by atoms with Gasteiger partial charge in [-0.3, -0.25) is 14.2 Å². The summed E-state index contributed by atoms with van der Waals surface area (Å²) in [6.45, 7) is 2.65. The minimum absolute atomic E-state index is 0.102. The Balaban J connectivity index is 1.80. The number of amides is 1. The van der Waals surface area contributed by atoms with Gasteiger partial charge in [0.1, 0.15) is 5.82 Å². The zero-order valence-electron chi connectivity index (χ0n) is 18.1. The van der Waals surface area contributed by atoms with Crippen LogP contribution in [-0.2, 0) is 4.79 Å². The minimum atomic E-state index is -0.206. The molecule has 8 heteroatoms. The third kappa shape index (κ3) is 4.10. The number of anilines is 1. The van der Waals surface area contributed by atoms with E-state index in [4.69, 9.17) is 16.6 Å². The second-order valence-electron chi connectivity index (χ2n) is 7.92. The molecule has 5 nitrogen and oxygen atoms in total. The van der Waals surface area contributed by atoms with E-state index in [-0.39, 0.29) is 11.5 Å². The lowest BCUT2D eigenvalue weighted by atomic mass is 10.1. The molecule has 1 aromatic heterocycles. The summed E-state index contributed by atoms with van der Waals surface area (Å²) in [5, 5.41) is 1.08. The van der Waals surface area contributed by atoms with Crippen molar-refractivity contribution in [3.05, 3.63) is 95.5 Å². The molecule has 4 aromatic rings. The van der Waals surface area contributed by atoms with E-state index in [0.717, 1.165) is 25.7 Å². The molecule has 0 unspecified atom stereocenters. The van der Waals surface area contributed by atoms with Crippen molar-refractivity contribution in [3.63, 3.8) is 0 Å². The molecule has 0 atom stereocenters. The van der Waals surface area contributed by atoms with Gasteiger partial charge in [0.05, 0.1) is 27.9 Å². The molecule has 1 aliphatic heterocycles. The van der Waals surface area contributed by atoms with Crippen molar-refractivity contribution in [1.29, 1.82) is 0 Å². The summed E-state index contributed by atoms with van der Waals surface area (Å²) in [5.74, 6) is 0.281. The van der Waals surface area contributed by atoms with Gasteiger partial charge in [-0.1, -0.05) is 34.5 Å². The molecule has 0 radical (unpaired) electrons.